The maximum Gasteiger partial charge on any atom is 0.309 e. The van der Waals surface area contributed by atoms with E-state index in [-0.39, 0.29) is 24.8 Å². The Hall–Kier alpha value is -2.46. The van der Waals surface area contributed by atoms with E-state index in [9.17, 15) is 14.3 Å². The van der Waals surface area contributed by atoms with Crippen LogP contribution in [0, 0.1) is 11.7 Å². The van der Waals surface area contributed by atoms with Crippen molar-refractivity contribution in [2.45, 2.75) is 32.5 Å². The van der Waals surface area contributed by atoms with Crippen molar-refractivity contribution in [1.29, 1.82) is 0 Å². The zero-order valence-electron chi connectivity index (χ0n) is 14.5. The summed E-state index contributed by atoms with van der Waals surface area (Å²) in [6.45, 7) is 3.84. The maximum absolute atomic E-state index is 13.0. The van der Waals surface area contributed by atoms with Gasteiger partial charge in [0.25, 0.3) is 0 Å². The lowest BCUT2D eigenvalue weighted by molar-refractivity contribution is -0.150. The third-order valence-electron chi connectivity index (χ3n) is 4.10. The molecule has 0 heterocycles. The van der Waals surface area contributed by atoms with Crippen molar-refractivity contribution in [3.05, 3.63) is 77.6 Å². The second-order valence-corrected chi connectivity index (χ2v) is 6.35. The van der Waals surface area contributed by atoms with Gasteiger partial charge < -0.3 is 9.84 Å². The van der Waals surface area contributed by atoms with Crippen molar-refractivity contribution >= 4 is 12.0 Å². The maximum atomic E-state index is 13.0. The summed E-state index contributed by atoms with van der Waals surface area (Å²) in [5.74, 6) is -0.974. The number of esters is 1. The molecule has 4 heteroatoms. The number of carbonyl (C=O) groups excluding carboxylic acids is 1. The van der Waals surface area contributed by atoms with E-state index in [1.54, 1.807) is 24.3 Å². The zero-order valence-corrected chi connectivity index (χ0v) is 14.5. The third-order valence-corrected chi connectivity index (χ3v) is 4.10. The summed E-state index contributed by atoms with van der Waals surface area (Å²) in [6.07, 6.45) is 3.12. The summed E-state index contributed by atoms with van der Waals surface area (Å²) in [5.41, 5.74) is 0.311. The molecule has 0 fully saturated rings. The molecule has 0 bridgehead atoms. The summed E-state index contributed by atoms with van der Waals surface area (Å²) in [4.78, 5) is 12.1. The lowest BCUT2D eigenvalue weighted by Gasteiger charge is -2.28. The summed E-state index contributed by atoms with van der Waals surface area (Å²) in [5, 5.41) is 10.8. The van der Waals surface area contributed by atoms with Gasteiger partial charge in [0, 0.05) is 0 Å². The number of halogens is 1. The van der Waals surface area contributed by atoms with Gasteiger partial charge in [0.2, 0.25) is 0 Å². The highest BCUT2D eigenvalue weighted by Gasteiger charge is 2.31. The first-order valence-electron chi connectivity index (χ1n) is 8.26. The fraction of sp³-hybridized carbons (Fsp3) is 0.286. The van der Waals surface area contributed by atoms with E-state index >= 15 is 0 Å². The Kier molecular flexibility index (Phi) is 6.48. The van der Waals surface area contributed by atoms with Gasteiger partial charge in [-0.3, -0.25) is 4.79 Å². The quantitative estimate of drug-likeness (QED) is 0.761. The molecular formula is C21H23FO3. The molecule has 0 saturated carbocycles. The van der Waals surface area contributed by atoms with E-state index in [0.717, 1.165) is 11.1 Å². The molecule has 0 aliphatic rings. The van der Waals surface area contributed by atoms with Gasteiger partial charge in [-0.1, -0.05) is 68.5 Å². The molecule has 0 aliphatic heterocycles. The molecule has 25 heavy (non-hydrogen) atoms. The minimum Gasteiger partial charge on any atom is -0.461 e. The van der Waals surface area contributed by atoms with Crippen LogP contribution in [0.1, 0.15) is 31.4 Å². The van der Waals surface area contributed by atoms with Gasteiger partial charge in [-0.2, -0.15) is 0 Å². The highest BCUT2D eigenvalue weighted by molar-refractivity contribution is 5.71. The molecule has 0 spiro atoms. The number of ether oxygens (including phenoxy) is 1. The molecule has 0 amide bonds. The molecule has 1 atom stereocenters. The van der Waals surface area contributed by atoms with Crippen LogP contribution in [0.15, 0.2) is 60.7 Å². The van der Waals surface area contributed by atoms with Gasteiger partial charge in [0.15, 0.2) is 0 Å². The molecule has 2 aromatic carbocycles. The Labute approximate surface area is 147 Å². The molecule has 3 nitrogen and oxygen atoms in total. The van der Waals surface area contributed by atoms with E-state index in [4.69, 9.17) is 4.74 Å². The molecule has 2 rings (SSSR count). The summed E-state index contributed by atoms with van der Waals surface area (Å²) in [6, 6.07) is 15.3. The van der Waals surface area contributed by atoms with E-state index in [0.29, 0.717) is 0 Å². The average Bonchev–Trinajstić information content (AvgIpc) is 2.60. The Balaban J connectivity index is 2.00. The van der Waals surface area contributed by atoms with Crippen LogP contribution in [-0.4, -0.2) is 16.7 Å². The number of carbonyl (C=O) groups is 1. The highest BCUT2D eigenvalue weighted by atomic mass is 19.1. The molecule has 0 aromatic heterocycles. The Bertz CT molecular complexity index is 708. The first kappa shape index (κ1) is 18.9. The van der Waals surface area contributed by atoms with E-state index in [1.807, 2.05) is 44.2 Å². The smallest absolute Gasteiger partial charge is 0.309 e. The second-order valence-electron chi connectivity index (χ2n) is 6.35. The molecule has 1 unspecified atom stereocenters. The van der Waals surface area contributed by atoms with Crippen molar-refractivity contribution in [1.82, 2.24) is 0 Å². The summed E-state index contributed by atoms with van der Waals surface area (Å²) >= 11 is 0. The van der Waals surface area contributed by atoms with Gasteiger partial charge >= 0.3 is 5.97 Å². The highest BCUT2D eigenvalue weighted by Crippen LogP contribution is 2.25. The number of hydrogen-bond donors (Lipinski definition) is 1. The fourth-order valence-electron chi connectivity index (χ4n) is 2.29. The lowest BCUT2D eigenvalue weighted by atomic mass is 9.86. The van der Waals surface area contributed by atoms with Crippen molar-refractivity contribution in [2.75, 3.05) is 0 Å². The molecule has 132 valence electrons. The number of aliphatic hydroxyl groups is 1. The Morgan fingerprint density at radius 3 is 2.40 bits per heavy atom. The van der Waals surface area contributed by atoms with Crippen LogP contribution in [0.2, 0.25) is 0 Å². The van der Waals surface area contributed by atoms with Crippen LogP contribution in [-0.2, 0) is 16.1 Å². The van der Waals surface area contributed by atoms with Gasteiger partial charge in [-0.25, -0.2) is 4.39 Å². The topological polar surface area (TPSA) is 46.5 Å². The molecule has 0 aliphatic carbocycles. The van der Waals surface area contributed by atoms with Crippen LogP contribution >= 0.6 is 0 Å². The van der Waals surface area contributed by atoms with Crippen molar-refractivity contribution < 1.29 is 19.0 Å². The van der Waals surface area contributed by atoms with E-state index in [1.165, 1.54) is 12.1 Å². The lowest BCUT2D eigenvalue weighted by Crippen LogP contribution is -2.35. The van der Waals surface area contributed by atoms with Crippen LogP contribution in [0.3, 0.4) is 0 Å². The molecule has 0 saturated heterocycles. The fourth-order valence-corrected chi connectivity index (χ4v) is 2.29. The van der Waals surface area contributed by atoms with E-state index < -0.39 is 11.6 Å². The van der Waals surface area contributed by atoms with Crippen LogP contribution in [0.25, 0.3) is 6.08 Å². The standard InChI is InChI=1S/C21H23FO3/c1-16(2)21(24,13-12-17-8-10-19(22)11-9-17)14-20(23)25-15-18-6-4-3-5-7-18/h3-13,16,24H,14-15H2,1-2H3/b13-12+. The van der Waals surface area contributed by atoms with Crippen molar-refractivity contribution in [3.63, 3.8) is 0 Å². The molecule has 0 radical (unpaired) electrons. The molecule has 1 N–H and O–H groups in total. The minimum absolute atomic E-state index is 0.144. The first-order chi connectivity index (χ1) is 11.9. The van der Waals surface area contributed by atoms with Crippen LogP contribution in [0.4, 0.5) is 4.39 Å². The van der Waals surface area contributed by atoms with Crippen molar-refractivity contribution in [2.24, 2.45) is 5.92 Å². The first-order valence-corrected chi connectivity index (χ1v) is 8.26. The van der Waals surface area contributed by atoms with Crippen LogP contribution in [0.5, 0.6) is 0 Å². The van der Waals surface area contributed by atoms with Crippen LogP contribution < -0.4 is 0 Å². The number of hydrogen-bond acceptors (Lipinski definition) is 3. The molecular weight excluding hydrogens is 319 g/mol. The zero-order chi connectivity index (χ0) is 18.3. The summed E-state index contributed by atoms with van der Waals surface area (Å²) in [7, 11) is 0. The minimum atomic E-state index is -1.33. The third kappa shape index (κ3) is 5.84. The second kappa shape index (κ2) is 8.58. The van der Waals surface area contributed by atoms with Crippen molar-refractivity contribution in [3.8, 4) is 0 Å². The van der Waals surface area contributed by atoms with Gasteiger partial charge in [0.05, 0.1) is 12.0 Å². The van der Waals surface area contributed by atoms with Gasteiger partial charge in [-0.05, 0) is 29.2 Å². The number of rotatable bonds is 7. The monoisotopic (exact) mass is 342 g/mol. The average molecular weight is 342 g/mol. The number of benzene rings is 2. The normalized spacial score (nSPS) is 13.8. The summed E-state index contributed by atoms with van der Waals surface area (Å²) < 4.78 is 18.2. The predicted octanol–water partition coefficient (Wildman–Crippen LogP) is 4.36. The predicted molar refractivity (Wildman–Crippen MR) is 96.1 cm³/mol. The SMILES string of the molecule is CC(C)C(O)(/C=C/c1ccc(F)cc1)CC(=O)OCc1ccccc1. The largest absolute Gasteiger partial charge is 0.461 e. The Morgan fingerprint density at radius 1 is 1.16 bits per heavy atom. The van der Waals surface area contributed by atoms with E-state index in [2.05, 4.69) is 0 Å². The Morgan fingerprint density at radius 2 is 1.80 bits per heavy atom. The van der Waals surface area contributed by atoms with Gasteiger partial charge in [-0.15, -0.1) is 0 Å². The molecule has 2 aromatic rings. The van der Waals surface area contributed by atoms with Gasteiger partial charge in [0.1, 0.15) is 12.4 Å².